The molecule has 1 unspecified atom stereocenters. The molecular formula is C16H24ClNO. The summed E-state index contributed by atoms with van der Waals surface area (Å²) in [5.41, 5.74) is 3.52. The predicted octanol–water partition coefficient (Wildman–Crippen LogP) is 4.42. The molecule has 0 bridgehead atoms. The summed E-state index contributed by atoms with van der Waals surface area (Å²) in [5, 5.41) is 4.53. The largest absolute Gasteiger partial charge is 0.493 e. The Morgan fingerprint density at radius 3 is 2.84 bits per heavy atom. The second-order valence-electron chi connectivity index (χ2n) is 5.87. The standard InChI is InChI=1S/C16H24ClNO/c1-10(2)5-7-18-13-6-8-19-14-9-11(3)16(17)12(4)15(13)14/h9-10,13,18H,5-8H2,1-4H3. The normalized spacial score (nSPS) is 18.3. The smallest absolute Gasteiger partial charge is 0.124 e. The highest BCUT2D eigenvalue weighted by atomic mass is 35.5. The lowest BCUT2D eigenvalue weighted by molar-refractivity contribution is 0.250. The first-order chi connectivity index (χ1) is 9.00. The number of nitrogens with one attached hydrogen (secondary N) is 1. The molecule has 19 heavy (non-hydrogen) atoms. The summed E-state index contributed by atoms with van der Waals surface area (Å²) in [6.45, 7) is 10.5. The third-order valence-corrected chi connectivity index (χ3v) is 4.40. The van der Waals surface area contributed by atoms with Gasteiger partial charge < -0.3 is 10.1 Å². The van der Waals surface area contributed by atoms with Gasteiger partial charge in [0.25, 0.3) is 0 Å². The van der Waals surface area contributed by atoms with E-state index in [9.17, 15) is 0 Å². The fourth-order valence-electron chi connectivity index (χ4n) is 2.67. The van der Waals surface area contributed by atoms with Gasteiger partial charge in [0.2, 0.25) is 0 Å². The summed E-state index contributed by atoms with van der Waals surface area (Å²) in [7, 11) is 0. The molecule has 106 valence electrons. The Morgan fingerprint density at radius 2 is 2.16 bits per heavy atom. The van der Waals surface area contributed by atoms with Crippen molar-refractivity contribution in [2.24, 2.45) is 5.92 Å². The van der Waals surface area contributed by atoms with Crippen molar-refractivity contribution in [3.8, 4) is 5.75 Å². The lowest BCUT2D eigenvalue weighted by atomic mass is 9.93. The third-order valence-electron chi connectivity index (χ3n) is 3.82. The van der Waals surface area contributed by atoms with Crippen molar-refractivity contribution in [1.29, 1.82) is 0 Å². The maximum atomic E-state index is 6.38. The lowest BCUT2D eigenvalue weighted by Gasteiger charge is -2.29. The molecule has 0 aliphatic carbocycles. The Hall–Kier alpha value is -0.730. The summed E-state index contributed by atoms with van der Waals surface area (Å²) in [5.74, 6) is 1.74. The highest BCUT2D eigenvalue weighted by molar-refractivity contribution is 6.32. The zero-order valence-electron chi connectivity index (χ0n) is 12.3. The van der Waals surface area contributed by atoms with Crippen LogP contribution >= 0.6 is 11.6 Å². The van der Waals surface area contributed by atoms with Crippen LogP contribution in [0, 0.1) is 19.8 Å². The summed E-state index contributed by atoms with van der Waals surface area (Å²) >= 11 is 6.38. The van der Waals surface area contributed by atoms with Crippen molar-refractivity contribution < 1.29 is 4.74 Å². The Labute approximate surface area is 121 Å². The summed E-state index contributed by atoms with van der Waals surface area (Å²) in [6.07, 6.45) is 2.22. The van der Waals surface area contributed by atoms with Crippen molar-refractivity contribution in [3.63, 3.8) is 0 Å². The van der Waals surface area contributed by atoms with Gasteiger partial charge in [0, 0.05) is 23.0 Å². The molecule has 1 aromatic rings. The number of rotatable bonds is 4. The van der Waals surface area contributed by atoms with Gasteiger partial charge in [-0.2, -0.15) is 0 Å². The number of fused-ring (bicyclic) bond motifs is 1. The minimum Gasteiger partial charge on any atom is -0.493 e. The number of benzene rings is 1. The van der Waals surface area contributed by atoms with E-state index in [1.54, 1.807) is 0 Å². The van der Waals surface area contributed by atoms with Crippen LogP contribution in [-0.2, 0) is 0 Å². The van der Waals surface area contributed by atoms with Crippen LogP contribution in [0.15, 0.2) is 6.07 Å². The van der Waals surface area contributed by atoms with E-state index in [2.05, 4.69) is 32.2 Å². The van der Waals surface area contributed by atoms with E-state index in [1.165, 1.54) is 17.5 Å². The van der Waals surface area contributed by atoms with E-state index < -0.39 is 0 Å². The number of hydrogen-bond acceptors (Lipinski definition) is 2. The van der Waals surface area contributed by atoms with E-state index in [4.69, 9.17) is 16.3 Å². The quantitative estimate of drug-likeness (QED) is 0.882. The first kappa shape index (κ1) is 14.7. The van der Waals surface area contributed by atoms with Crippen molar-refractivity contribution in [3.05, 3.63) is 27.8 Å². The maximum absolute atomic E-state index is 6.38. The Kier molecular flexibility index (Phi) is 4.75. The fourth-order valence-corrected chi connectivity index (χ4v) is 2.83. The van der Waals surface area contributed by atoms with Crippen LogP contribution in [0.1, 0.15) is 49.4 Å². The van der Waals surface area contributed by atoms with Crippen LogP contribution in [0.4, 0.5) is 0 Å². The summed E-state index contributed by atoms with van der Waals surface area (Å²) in [6, 6.07) is 2.45. The molecule has 2 rings (SSSR count). The highest BCUT2D eigenvalue weighted by Gasteiger charge is 2.25. The van der Waals surface area contributed by atoms with Gasteiger partial charge in [-0.25, -0.2) is 0 Å². The second kappa shape index (κ2) is 6.15. The first-order valence-corrected chi connectivity index (χ1v) is 7.54. The van der Waals surface area contributed by atoms with Crippen LogP contribution in [0.3, 0.4) is 0 Å². The van der Waals surface area contributed by atoms with E-state index >= 15 is 0 Å². The monoisotopic (exact) mass is 281 g/mol. The minimum atomic E-state index is 0.376. The molecule has 1 aliphatic rings. The van der Waals surface area contributed by atoms with E-state index in [1.807, 2.05) is 6.92 Å². The number of aryl methyl sites for hydroxylation is 1. The van der Waals surface area contributed by atoms with Gasteiger partial charge in [0.1, 0.15) is 5.75 Å². The minimum absolute atomic E-state index is 0.376. The molecule has 0 radical (unpaired) electrons. The molecular weight excluding hydrogens is 258 g/mol. The van der Waals surface area contributed by atoms with Crippen molar-refractivity contribution in [2.75, 3.05) is 13.2 Å². The molecule has 2 nitrogen and oxygen atoms in total. The lowest BCUT2D eigenvalue weighted by Crippen LogP contribution is -2.29. The predicted molar refractivity (Wildman–Crippen MR) is 81.2 cm³/mol. The summed E-state index contributed by atoms with van der Waals surface area (Å²) in [4.78, 5) is 0. The van der Waals surface area contributed by atoms with Gasteiger partial charge in [-0.15, -0.1) is 0 Å². The summed E-state index contributed by atoms with van der Waals surface area (Å²) < 4.78 is 5.80. The number of hydrogen-bond donors (Lipinski definition) is 1. The molecule has 3 heteroatoms. The molecule has 0 fully saturated rings. The SMILES string of the molecule is Cc1cc2c(c(C)c1Cl)C(NCCC(C)C)CCO2. The molecule has 0 amide bonds. The number of ether oxygens (including phenoxy) is 1. The highest BCUT2D eigenvalue weighted by Crippen LogP contribution is 2.39. The van der Waals surface area contributed by atoms with Gasteiger partial charge >= 0.3 is 0 Å². The molecule has 1 aliphatic heterocycles. The Bertz CT molecular complexity index is 457. The van der Waals surface area contributed by atoms with E-state index in [0.717, 1.165) is 41.8 Å². The number of halogens is 1. The van der Waals surface area contributed by atoms with Gasteiger partial charge in [-0.05, 0) is 49.9 Å². The van der Waals surface area contributed by atoms with Crippen molar-refractivity contribution >= 4 is 11.6 Å². The van der Waals surface area contributed by atoms with Crippen molar-refractivity contribution in [1.82, 2.24) is 5.32 Å². The molecule has 0 aromatic heterocycles. The zero-order valence-corrected chi connectivity index (χ0v) is 13.1. The van der Waals surface area contributed by atoms with Gasteiger partial charge in [0.05, 0.1) is 6.61 Å². The van der Waals surface area contributed by atoms with Crippen LogP contribution in [0.25, 0.3) is 0 Å². The van der Waals surface area contributed by atoms with Gasteiger partial charge in [-0.1, -0.05) is 25.4 Å². The zero-order chi connectivity index (χ0) is 14.0. The van der Waals surface area contributed by atoms with Crippen LogP contribution in [0.2, 0.25) is 5.02 Å². The van der Waals surface area contributed by atoms with Crippen LogP contribution in [-0.4, -0.2) is 13.2 Å². The van der Waals surface area contributed by atoms with Crippen LogP contribution in [0.5, 0.6) is 5.75 Å². The Morgan fingerprint density at radius 1 is 1.42 bits per heavy atom. The van der Waals surface area contributed by atoms with Gasteiger partial charge in [-0.3, -0.25) is 0 Å². The molecule has 1 aromatic carbocycles. The topological polar surface area (TPSA) is 21.3 Å². The Balaban J connectivity index is 2.21. The second-order valence-corrected chi connectivity index (χ2v) is 6.25. The molecule has 0 saturated heterocycles. The van der Waals surface area contributed by atoms with Crippen molar-refractivity contribution in [2.45, 2.75) is 46.6 Å². The third kappa shape index (κ3) is 3.24. The molecule has 0 spiro atoms. The molecule has 1 heterocycles. The first-order valence-electron chi connectivity index (χ1n) is 7.16. The molecule has 1 atom stereocenters. The average Bonchev–Trinajstić information content (AvgIpc) is 2.35. The van der Waals surface area contributed by atoms with Gasteiger partial charge in [0.15, 0.2) is 0 Å². The van der Waals surface area contributed by atoms with E-state index in [0.29, 0.717) is 6.04 Å². The average molecular weight is 282 g/mol. The van der Waals surface area contributed by atoms with E-state index in [-0.39, 0.29) is 0 Å². The maximum Gasteiger partial charge on any atom is 0.124 e. The van der Waals surface area contributed by atoms with Crippen LogP contribution < -0.4 is 10.1 Å². The molecule has 0 saturated carbocycles. The molecule has 1 N–H and O–H groups in total. The fraction of sp³-hybridized carbons (Fsp3) is 0.625.